The van der Waals surface area contributed by atoms with Crippen molar-refractivity contribution in [3.05, 3.63) is 78.4 Å². The van der Waals surface area contributed by atoms with Crippen molar-refractivity contribution in [2.75, 3.05) is 26.9 Å². The minimum atomic E-state index is -0.557. The maximum absolute atomic E-state index is 10.3. The fourth-order valence-electron chi connectivity index (χ4n) is 2.74. The van der Waals surface area contributed by atoms with Crippen LogP contribution in [0.1, 0.15) is 11.1 Å². The van der Waals surface area contributed by atoms with Crippen molar-refractivity contribution < 1.29 is 14.6 Å². The van der Waals surface area contributed by atoms with Crippen LogP contribution in [0, 0.1) is 0 Å². The van der Waals surface area contributed by atoms with E-state index in [1.54, 1.807) is 13.2 Å². The molecule has 0 saturated carbocycles. The molecule has 0 aliphatic heterocycles. The van der Waals surface area contributed by atoms with Crippen molar-refractivity contribution in [1.29, 1.82) is 0 Å². The molecule has 0 amide bonds. The molecule has 4 heteroatoms. The number of hydrogen-bond acceptors (Lipinski definition) is 4. The number of aliphatic hydroxyl groups excluding tert-OH is 1. The van der Waals surface area contributed by atoms with Crippen LogP contribution in [0.25, 0.3) is 0 Å². The van der Waals surface area contributed by atoms with Gasteiger partial charge in [0.2, 0.25) is 0 Å². The summed E-state index contributed by atoms with van der Waals surface area (Å²) < 4.78 is 10.8. The lowest BCUT2D eigenvalue weighted by Gasteiger charge is -2.26. The third-order valence-corrected chi connectivity index (χ3v) is 3.85. The van der Waals surface area contributed by atoms with Crippen LogP contribution in [-0.4, -0.2) is 43.0 Å². The number of nitrogens with zero attached hydrogens (tertiary/aromatic N) is 1. The smallest absolute Gasteiger partial charge is 0.123 e. The summed E-state index contributed by atoms with van der Waals surface area (Å²) in [6, 6.07) is 18.2. The zero-order chi connectivity index (χ0) is 17.9. The molecular formula is C21H27NO3. The number of aliphatic hydroxyl groups is 1. The van der Waals surface area contributed by atoms with Gasteiger partial charge in [0, 0.05) is 25.2 Å². The van der Waals surface area contributed by atoms with Crippen molar-refractivity contribution in [2.24, 2.45) is 0 Å². The first-order chi connectivity index (χ1) is 12.2. The molecule has 25 heavy (non-hydrogen) atoms. The number of ether oxygens (including phenoxy) is 2. The third-order valence-electron chi connectivity index (χ3n) is 3.85. The molecule has 1 atom stereocenters. The van der Waals surface area contributed by atoms with E-state index in [-0.39, 0.29) is 0 Å². The molecule has 1 N–H and O–H groups in total. The van der Waals surface area contributed by atoms with Crippen LogP contribution in [0.5, 0.6) is 5.75 Å². The molecule has 0 fully saturated rings. The first-order valence-corrected chi connectivity index (χ1v) is 8.47. The number of benzene rings is 2. The normalized spacial score (nSPS) is 12.1. The van der Waals surface area contributed by atoms with Crippen LogP contribution in [0.4, 0.5) is 0 Å². The molecule has 2 aromatic rings. The van der Waals surface area contributed by atoms with Crippen LogP contribution in [0.2, 0.25) is 0 Å². The summed E-state index contributed by atoms with van der Waals surface area (Å²) in [6.45, 7) is 6.32. The zero-order valence-electron chi connectivity index (χ0n) is 14.8. The Labute approximate surface area is 150 Å². The molecule has 0 spiro atoms. The monoisotopic (exact) mass is 341 g/mol. The molecule has 0 aromatic heterocycles. The Morgan fingerprint density at radius 3 is 2.52 bits per heavy atom. The SMILES string of the molecule is C=CCOC[C@H](O)CN(Cc1ccccc1)Cc1ccccc1OC. The predicted molar refractivity (Wildman–Crippen MR) is 101 cm³/mol. The summed E-state index contributed by atoms with van der Waals surface area (Å²) in [7, 11) is 1.68. The summed E-state index contributed by atoms with van der Waals surface area (Å²) in [5.74, 6) is 0.859. The second kappa shape index (κ2) is 10.7. The van der Waals surface area contributed by atoms with Crippen LogP contribution in [0.15, 0.2) is 67.3 Å². The predicted octanol–water partition coefficient (Wildman–Crippen LogP) is 3.26. The van der Waals surface area contributed by atoms with Crippen molar-refractivity contribution >= 4 is 0 Å². The minimum absolute atomic E-state index is 0.295. The van der Waals surface area contributed by atoms with E-state index in [9.17, 15) is 5.11 Å². The highest BCUT2D eigenvalue weighted by molar-refractivity contribution is 5.33. The molecule has 0 unspecified atom stereocenters. The maximum Gasteiger partial charge on any atom is 0.123 e. The van der Waals surface area contributed by atoms with E-state index >= 15 is 0 Å². The molecule has 0 saturated heterocycles. The number of methoxy groups -OCH3 is 1. The maximum atomic E-state index is 10.3. The van der Waals surface area contributed by atoms with Crippen molar-refractivity contribution in [3.8, 4) is 5.75 Å². The fraction of sp³-hybridized carbons (Fsp3) is 0.333. The lowest BCUT2D eigenvalue weighted by atomic mass is 10.1. The first-order valence-electron chi connectivity index (χ1n) is 8.47. The summed E-state index contributed by atoms with van der Waals surface area (Å²) in [5.41, 5.74) is 2.30. The first kappa shape index (κ1) is 19.2. The average Bonchev–Trinajstić information content (AvgIpc) is 2.63. The van der Waals surface area contributed by atoms with Crippen molar-refractivity contribution in [2.45, 2.75) is 19.2 Å². The number of hydrogen-bond donors (Lipinski definition) is 1. The van der Waals surface area contributed by atoms with Gasteiger partial charge in [0.25, 0.3) is 0 Å². The van der Waals surface area contributed by atoms with Crippen molar-refractivity contribution in [3.63, 3.8) is 0 Å². The Morgan fingerprint density at radius 1 is 1.08 bits per heavy atom. The average molecular weight is 341 g/mol. The Hall–Kier alpha value is -2.14. The van der Waals surface area contributed by atoms with Gasteiger partial charge in [-0.3, -0.25) is 4.90 Å². The number of rotatable bonds is 11. The Morgan fingerprint density at radius 2 is 1.80 bits per heavy atom. The second-order valence-electron chi connectivity index (χ2n) is 5.95. The summed E-state index contributed by atoms with van der Waals surface area (Å²) >= 11 is 0. The lowest BCUT2D eigenvalue weighted by Crippen LogP contribution is -2.34. The van der Waals surface area contributed by atoms with E-state index in [1.165, 1.54) is 5.56 Å². The summed E-state index contributed by atoms with van der Waals surface area (Å²) in [4.78, 5) is 2.20. The molecule has 0 heterocycles. The molecule has 0 aliphatic rings. The van der Waals surface area contributed by atoms with E-state index in [0.717, 1.165) is 17.9 Å². The zero-order valence-corrected chi connectivity index (χ0v) is 14.8. The van der Waals surface area contributed by atoms with Crippen LogP contribution in [0.3, 0.4) is 0 Å². The Bertz CT molecular complexity index is 630. The third kappa shape index (κ3) is 6.70. The van der Waals surface area contributed by atoms with E-state index in [1.807, 2.05) is 36.4 Å². The molecule has 2 aromatic carbocycles. The standard InChI is InChI=1S/C21H27NO3/c1-3-13-25-17-20(23)16-22(14-18-9-5-4-6-10-18)15-19-11-7-8-12-21(19)24-2/h3-12,20,23H,1,13-17H2,2H3/t20-/m1/s1. The Kier molecular flexibility index (Phi) is 8.19. The fourth-order valence-corrected chi connectivity index (χ4v) is 2.74. The van der Waals surface area contributed by atoms with Gasteiger partial charge in [-0.2, -0.15) is 0 Å². The lowest BCUT2D eigenvalue weighted by molar-refractivity contribution is 0.0227. The van der Waals surface area contributed by atoms with Gasteiger partial charge in [0.05, 0.1) is 26.4 Å². The molecular weight excluding hydrogens is 314 g/mol. The summed E-state index contributed by atoms with van der Waals surface area (Å²) in [5, 5.41) is 10.3. The highest BCUT2D eigenvalue weighted by atomic mass is 16.5. The van der Waals surface area contributed by atoms with Gasteiger partial charge < -0.3 is 14.6 Å². The van der Waals surface area contributed by atoms with E-state index < -0.39 is 6.10 Å². The Balaban J connectivity index is 2.06. The minimum Gasteiger partial charge on any atom is -0.496 e. The molecule has 2 rings (SSSR count). The van der Waals surface area contributed by atoms with Gasteiger partial charge in [-0.25, -0.2) is 0 Å². The summed E-state index contributed by atoms with van der Waals surface area (Å²) in [6.07, 6.45) is 1.13. The van der Waals surface area contributed by atoms with Crippen LogP contribution >= 0.6 is 0 Å². The van der Waals surface area contributed by atoms with Gasteiger partial charge in [0.15, 0.2) is 0 Å². The molecule has 0 aliphatic carbocycles. The van der Waals surface area contributed by atoms with E-state index in [2.05, 4.69) is 29.7 Å². The van der Waals surface area contributed by atoms with Gasteiger partial charge in [0.1, 0.15) is 5.75 Å². The highest BCUT2D eigenvalue weighted by Crippen LogP contribution is 2.20. The quantitative estimate of drug-likeness (QED) is 0.503. The van der Waals surface area contributed by atoms with E-state index in [0.29, 0.717) is 26.3 Å². The molecule has 0 bridgehead atoms. The number of para-hydroxylation sites is 1. The van der Waals surface area contributed by atoms with Crippen LogP contribution in [-0.2, 0) is 17.8 Å². The van der Waals surface area contributed by atoms with Gasteiger partial charge in [-0.05, 0) is 11.6 Å². The highest BCUT2D eigenvalue weighted by Gasteiger charge is 2.15. The topological polar surface area (TPSA) is 41.9 Å². The van der Waals surface area contributed by atoms with Gasteiger partial charge in [-0.15, -0.1) is 6.58 Å². The molecule has 134 valence electrons. The van der Waals surface area contributed by atoms with Crippen LogP contribution < -0.4 is 4.74 Å². The van der Waals surface area contributed by atoms with E-state index in [4.69, 9.17) is 9.47 Å². The van der Waals surface area contributed by atoms with Crippen molar-refractivity contribution in [1.82, 2.24) is 4.90 Å². The van der Waals surface area contributed by atoms with Gasteiger partial charge in [-0.1, -0.05) is 54.6 Å². The second-order valence-corrected chi connectivity index (χ2v) is 5.95. The molecule has 4 nitrogen and oxygen atoms in total. The molecule has 0 radical (unpaired) electrons. The largest absolute Gasteiger partial charge is 0.496 e. The van der Waals surface area contributed by atoms with Gasteiger partial charge >= 0.3 is 0 Å².